The fraction of sp³-hybridized carbons (Fsp3) is 0.200. The third-order valence-corrected chi connectivity index (χ3v) is 4.85. The Morgan fingerprint density at radius 3 is 2.67 bits per heavy atom. The zero-order chi connectivity index (χ0) is 19.1. The molecule has 0 bridgehead atoms. The Labute approximate surface area is 162 Å². The summed E-state index contributed by atoms with van der Waals surface area (Å²) in [7, 11) is 1.57. The molecule has 1 amide bonds. The molecular formula is C20H21N3O3S. The van der Waals surface area contributed by atoms with Gasteiger partial charge in [-0.25, -0.2) is 4.98 Å². The van der Waals surface area contributed by atoms with Crippen LogP contribution in [0.4, 0.5) is 5.69 Å². The maximum Gasteiger partial charge on any atom is 0.234 e. The highest BCUT2D eigenvalue weighted by atomic mass is 32.2. The Hall–Kier alpha value is -2.77. The van der Waals surface area contributed by atoms with Gasteiger partial charge in [-0.15, -0.1) is 0 Å². The van der Waals surface area contributed by atoms with Gasteiger partial charge in [0, 0.05) is 12.7 Å². The Morgan fingerprint density at radius 2 is 1.93 bits per heavy atom. The van der Waals surface area contributed by atoms with Crippen LogP contribution in [-0.4, -0.2) is 33.4 Å². The van der Waals surface area contributed by atoms with Crippen LogP contribution in [0.1, 0.15) is 11.3 Å². The first-order valence-electron chi connectivity index (χ1n) is 8.46. The number of amides is 1. The number of aliphatic hydroxyl groups is 1. The lowest BCUT2D eigenvalue weighted by Crippen LogP contribution is -2.15. The molecule has 1 aromatic heterocycles. The van der Waals surface area contributed by atoms with Crippen LogP contribution in [0.3, 0.4) is 0 Å². The number of anilines is 1. The summed E-state index contributed by atoms with van der Waals surface area (Å²) >= 11 is 1.33. The molecule has 2 aromatic carbocycles. The van der Waals surface area contributed by atoms with Crippen molar-refractivity contribution in [1.82, 2.24) is 9.55 Å². The van der Waals surface area contributed by atoms with Gasteiger partial charge in [0.25, 0.3) is 0 Å². The number of methoxy groups -OCH3 is 1. The molecular weight excluding hydrogens is 362 g/mol. The fourth-order valence-corrected chi connectivity index (χ4v) is 3.40. The average molecular weight is 383 g/mol. The van der Waals surface area contributed by atoms with Crippen molar-refractivity contribution in [1.29, 1.82) is 0 Å². The van der Waals surface area contributed by atoms with Crippen LogP contribution >= 0.6 is 11.8 Å². The number of nitrogens with one attached hydrogen (secondary N) is 1. The van der Waals surface area contributed by atoms with Crippen molar-refractivity contribution in [2.45, 2.75) is 18.3 Å². The van der Waals surface area contributed by atoms with E-state index in [1.165, 1.54) is 11.8 Å². The first-order chi connectivity index (χ1) is 13.2. The third-order valence-electron chi connectivity index (χ3n) is 3.86. The van der Waals surface area contributed by atoms with Crippen molar-refractivity contribution in [2.75, 3.05) is 18.2 Å². The monoisotopic (exact) mass is 383 g/mol. The number of hydrogen-bond acceptors (Lipinski definition) is 5. The molecule has 0 aliphatic rings. The standard InChI is InChI=1S/C20H21N3O3S/c1-26-18-10-6-5-9-17(18)22-19(25)14-27-20-21-16(13-24)12-23(20)11-15-7-3-2-4-8-15/h2-10,12,24H,11,13-14H2,1H3,(H,22,25). The smallest absolute Gasteiger partial charge is 0.234 e. The SMILES string of the molecule is COc1ccccc1NC(=O)CSc1nc(CO)cn1Cc1ccccc1. The zero-order valence-corrected chi connectivity index (χ0v) is 15.8. The van der Waals surface area contributed by atoms with Gasteiger partial charge in [0.2, 0.25) is 5.91 Å². The summed E-state index contributed by atoms with van der Waals surface area (Å²) in [5.41, 5.74) is 2.34. The van der Waals surface area contributed by atoms with E-state index >= 15 is 0 Å². The van der Waals surface area contributed by atoms with E-state index in [0.29, 0.717) is 28.8 Å². The number of hydrogen-bond donors (Lipinski definition) is 2. The Morgan fingerprint density at radius 1 is 1.19 bits per heavy atom. The summed E-state index contributed by atoms with van der Waals surface area (Å²) in [6.45, 7) is 0.493. The molecule has 0 aliphatic carbocycles. The van der Waals surface area contributed by atoms with Crippen molar-refractivity contribution < 1.29 is 14.6 Å². The summed E-state index contributed by atoms with van der Waals surface area (Å²) in [5.74, 6) is 0.669. The lowest BCUT2D eigenvalue weighted by atomic mass is 10.2. The Balaban J connectivity index is 1.66. The molecule has 0 aliphatic heterocycles. The minimum absolute atomic E-state index is 0.136. The second-order valence-electron chi connectivity index (χ2n) is 5.82. The number of thioether (sulfide) groups is 1. The van der Waals surface area contributed by atoms with E-state index in [2.05, 4.69) is 10.3 Å². The first-order valence-corrected chi connectivity index (χ1v) is 9.44. The zero-order valence-electron chi connectivity index (χ0n) is 15.0. The number of benzene rings is 2. The average Bonchev–Trinajstić information content (AvgIpc) is 3.09. The fourth-order valence-electron chi connectivity index (χ4n) is 2.60. The van der Waals surface area contributed by atoms with Crippen LogP contribution in [0.5, 0.6) is 5.75 Å². The lowest BCUT2D eigenvalue weighted by Gasteiger charge is -2.10. The molecule has 0 spiro atoms. The highest BCUT2D eigenvalue weighted by Gasteiger charge is 2.12. The molecule has 3 rings (SSSR count). The van der Waals surface area contributed by atoms with Gasteiger partial charge < -0.3 is 19.7 Å². The van der Waals surface area contributed by atoms with E-state index in [1.54, 1.807) is 19.2 Å². The molecule has 0 fully saturated rings. The molecule has 0 atom stereocenters. The minimum atomic E-state index is -0.149. The molecule has 0 saturated carbocycles. The van der Waals surface area contributed by atoms with Crippen LogP contribution < -0.4 is 10.1 Å². The van der Waals surface area contributed by atoms with Gasteiger partial charge in [-0.3, -0.25) is 4.79 Å². The second-order valence-corrected chi connectivity index (χ2v) is 6.77. The number of aliphatic hydroxyl groups excluding tert-OH is 1. The van der Waals surface area contributed by atoms with Crippen molar-refractivity contribution in [3.63, 3.8) is 0 Å². The summed E-state index contributed by atoms with van der Waals surface area (Å²) in [6, 6.07) is 17.3. The highest BCUT2D eigenvalue weighted by Crippen LogP contribution is 2.24. The number of nitrogens with zero attached hydrogens (tertiary/aromatic N) is 2. The molecule has 0 unspecified atom stereocenters. The van der Waals surface area contributed by atoms with E-state index in [1.807, 2.05) is 53.2 Å². The number of aromatic nitrogens is 2. The lowest BCUT2D eigenvalue weighted by molar-refractivity contribution is -0.113. The summed E-state index contributed by atoms with van der Waals surface area (Å²) in [4.78, 5) is 16.7. The van der Waals surface area contributed by atoms with Crippen molar-refractivity contribution >= 4 is 23.4 Å². The number of rotatable bonds is 8. The van der Waals surface area contributed by atoms with Gasteiger partial charge in [-0.2, -0.15) is 0 Å². The van der Waals surface area contributed by atoms with Gasteiger partial charge in [0.15, 0.2) is 5.16 Å². The van der Waals surface area contributed by atoms with Crippen LogP contribution in [-0.2, 0) is 17.9 Å². The van der Waals surface area contributed by atoms with Crippen molar-refractivity contribution in [3.8, 4) is 5.75 Å². The molecule has 6 nitrogen and oxygen atoms in total. The van der Waals surface area contributed by atoms with Gasteiger partial charge in [0.1, 0.15) is 5.75 Å². The summed E-state index contributed by atoms with van der Waals surface area (Å²) < 4.78 is 7.19. The second kappa shape index (κ2) is 9.25. The van der Waals surface area contributed by atoms with Crippen molar-refractivity contribution in [3.05, 3.63) is 72.1 Å². The number of carbonyl (C=O) groups is 1. The van der Waals surface area contributed by atoms with E-state index < -0.39 is 0 Å². The van der Waals surface area contributed by atoms with Crippen LogP contribution in [0.15, 0.2) is 66.0 Å². The highest BCUT2D eigenvalue weighted by molar-refractivity contribution is 7.99. The molecule has 1 heterocycles. The maximum atomic E-state index is 12.3. The van der Waals surface area contributed by atoms with E-state index in [-0.39, 0.29) is 18.3 Å². The topological polar surface area (TPSA) is 76.4 Å². The summed E-state index contributed by atoms with van der Waals surface area (Å²) in [5, 5.41) is 12.9. The predicted octanol–water partition coefficient (Wildman–Crippen LogP) is 3.16. The molecule has 140 valence electrons. The first kappa shape index (κ1) is 19.0. The van der Waals surface area contributed by atoms with Crippen LogP contribution in [0.25, 0.3) is 0 Å². The Bertz CT molecular complexity index is 896. The molecule has 0 saturated heterocycles. The molecule has 27 heavy (non-hydrogen) atoms. The van der Waals surface area contributed by atoms with E-state index in [0.717, 1.165) is 5.56 Å². The molecule has 0 radical (unpaired) electrons. The van der Waals surface area contributed by atoms with Gasteiger partial charge in [-0.05, 0) is 17.7 Å². The third kappa shape index (κ3) is 5.12. The van der Waals surface area contributed by atoms with Gasteiger partial charge >= 0.3 is 0 Å². The van der Waals surface area contributed by atoms with Crippen LogP contribution in [0.2, 0.25) is 0 Å². The maximum absolute atomic E-state index is 12.3. The van der Waals surface area contributed by atoms with Crippen molar-refractivity contribution in [2.24, 2.45) is 0 Å². The molecule has 7 heteroatoms. The molecule has 3 aromatic rings. The number of ether oxygens (including phenoxy) is 1. The minimum Gasteiger partial charge on any atom is -0.495 e. The van der Waals surface area contributed by atoms with E-state index in [9.17, 15) is 9.90 Å². The number of imidazole rings is 1. The number of carbonyl (C=O) groups excluding carboxylic acids is 1. The predicted molar refractivity (Wildman–Crippen MR) is 106 cm³/mol. The summed E-state index contributed by atoms with van der Waals surface area (Å²) in [6.07, 6.45) is 1.81. The largest absolute Gasteiger partial charge is 0.495 e. The number of para-hydroxylation sites is 2. The van der Waals surface area contributed by atoms with E-state index in [4.69, 9.17) is 4.74 Å². The van der Waals surface area contributed by atoms with Crippen LogP contribution in [0, 0.1) is 0 Å². The molecule has 2 N–H and O–H groups in total. The Kier molecular flexibility index (Phi) is 6.51. The van der Waals surface area contributed by atoms with Gasteiger partial charge in [-0.1, -0.05) is 54.2 Å². The normalized spacial score (nSPS) is 10.6. The quantitative estimate of drug-likeness (QED) is 0.585. The van der Waals surface area contributed by atoms with Gasteiger partial charge in [0.05, 0.1) is 30.9 Å².